The number of aromatic amines is 2. The number of aliphatic carboxylic acids is 1. The van der Waals surface area contributed by atoms with Crippen LogP contribution in [-0.2, 0) is 17.6 Å². The first-order valence-corrected chi connectivity index (χ1v) is 8.83. The summed E-state index contributed by atoms with van der Waals surface area (Å²) in [5.74, 6) is -0.800. The van der Waals surface area contributed by atoms with Crippen LogP contribution < -0.4 is 0 Å². The second-order valence-electron chi connectivity index (χ2n) is 6.65. The fourth-order valence-electron chi connectivity index (χ4n) is 3.20. The van der Waals surface area contributed by atoms with Crippen LogP contribution in [0.1, 0.15) is 29.2 Å². The molecule has 0 atom stereocenters. The highest BCUT2D eigenvalue weighted by atomic mass is 16.4. The number of carboxylic acids is 1. The zero-order chi connectivity index (χ0) is 18.7. The largest absolute Gasteiger partial charge is 0.481 e. The summed E-state index contributed by atoms with van der Waals surface area (Å²) in [6.45, 7) is 6.31. The summed E-state index contributed by atoms with van der Waals surface area (Å²) < 4.78 is 0. The molecule has 0 bridgehead atoms. The van der Waals surface area contributed by atoms with Crippen LogP contribution in [0.25, 0.3) is 21.8 Å². The summed E-state index contributed by atoms with van der Waals surface area (Å²) in [4.78, 5) is 16.9. The molecule has 0 unspecified atom stereocenters. The number of H-pyrrole nitrogens is 2. The monoisotopic (exact) mass is 348 g/mol. The van der Waals surface area contributed by atoms with Crippen LogP contribution >= 0.6 is 0 Å². The molecule has 2 aromatic carbocycles. The molecular weight excluding hydrogens is 324 g/mol. The van der Waals surface area contributed by atoms with E-state index >= 15 is 0 Å². The molecular formula is C22H24N2O2. The lowest BCUT2D eigenvalue weighted by atomic mass is 10.1. The summed E-state index contributed by atoms with van der Waals surface area (Å²) >= 11 is 0. The van der Waals surface area contributed by atoms with E-state index in [4.69, 9.17) is 5.11 Å². The molecule has 2 aromatic heterocycles. The van der Waals surface area contributed by atoms with Crippen molar-refractivity contribution in [1.82, 2.24) is 9.97 Å². The summed E-state index contributed by atoms with van der Waals surface area (Å²) in [6.07, 6.45) is 5.04. The van der Waals surface area contributed by atoms with Gasteiger partial charge in [-0.15, -0.1) is 0 Å². The molecule has 0 radical (unpaired) electrons. The summed E-state index contributed by atoms with van der Waals surface area (Å²) in [7, 11) is 0. The Balaban J connectivity index is 0.000000152. The van der Waals surface area contributed by atoms with Gasteiger partial charge in [0, 0.05) is 34.2 Å². The molecule has 4 heteroatoms. The van der Waals surface area contributed by atoms with Gasteiger partial charge in [0.25, 0.3) is 0 Å². The highest BCUT2D eigenvalue weighted by Gasteiger charge is 2.06. The van der Waals surface area contributed by atoms with E-state index in [1.165, 1.54) is 27.6 Å². The van der Waals surface area contributed by atoms with Gasteiger partial charge in [0.1, 0.15) is 0 Å². The fraction of sp³-hybridized carbons (Fsp3) is 0.227. The van der Waals surface area contributed by atoms with Gasteiger partial charge >= 0.3 is 5.97 Å². The molecule has 0 spiro atoms. The Morgan fingerprint density at radius 1 is 0.885 bits per heavy atom. The Morgan fingerprint density at radius 2 is 1.38 bits per heavy atom. The maximum atomic E-state index is 10.6. The Labute approximate surface area is 152 Å². The van der Waals surface area contributed by atoms with E-state index in [9.17, 15) is 4.79 Å². The van der Waals surface area contributed by atoms with E-state index in [0.717, 1.165) is 22.9 Å². The van der Waals surface area contributed by atoms with E-state index in [1.54, 1.807) is 6.20 Å². The van der Waals surface area contributed by atoms with Crippen LogP contribution in [0.3, 0.4) is 0 Å². The zero-order valence-corrected chi connectivity index (χ0v) is 15.4. The van der Waals surface area contributed by atoms with Crippen LogP contribution in [-0.4, -0.2) is 21.0 Å². The third-order valence-electron chi connectivity index (χ3n) is 4.57. The molecule has 0 saturated heterocycles. The maximum Gasteiger partial charge on any atom is 0.307 e. The smallest absolute Gasteiger partial charge is 0.307 e. The Kier molecular flexibility index (Phi) is 5.12. The molecule has 4 aromatic rings. The number of fused-ring (bicyclic) bond motifs is 2. The van der Waals surface area contributed by atoms with Crippen molar-refractivity contribution in [3.8, 4) is 0 Å². The normalized spacial score (nSPS) is 10.7. The molecule has 4 nitrogen and oxygen atoms in total. The topological polar surface area (TPSA) is 68.9 Å². The highest BCUT2D eigenvalue weighted by molar-refractivity contribution is 5.87. The molecule has 4 rings (SSSR count). The van der Waals surface area contributed by atoms with Crippen LogP contribution in [0.4, 0.5) is 0 Å². The number of hydrogen-bond acceptors (Lipinski definition) is 1. The van der Waals surface area contributed by atoms with Crippen molar-refractivity contribution in [1.29, 1.82) is 0 Å². The van der Waals surface area contributed by atoms with Gasteiger partial charge < -0.3 is 15.1 Å². The average Bonchev–Trinajstić information content (AvgIpc) is 3.18. The van der Waals surface area contributed by atoms with E-state index in [-0.39, 0.29) is 6.42 Å². The van der Waals surface area contributed by atoms with Crippen molar-refractivity contribution >= 4 is 27.8 Å². The van der Waals surface area contributed by atoms with Gasteiger partial charge in [-0.3, -0.25) is 4.79 Å². The number of benzene rings is 2. The number of carbonyl (C=O) groups is 1. The first-order valence-electron chi connectivity index (χ1n) is 8.83. The van der Waals surface area contributed by atoms with E-state index in [2.05, 4.69) is 48.2 Å². The van der Waals surface area contributed by atoms with Crippen LogP contribution in [0.15, 0.2) is 48.8 Å². The molecule has 0 fully saturated rings. The number of hydrogen-bond donors (Lipinski definition) is 3. The van der Waals surface area contributed by atoms with Gasteiger partial charge in [0.2, 0.25) is 0 Å². The predicted octanol–water partition coefficient (Wildman–Crippen LogP) is 5.14. The second kappa shape index (κ2) is 7.48. The molecule has 2 heterocycles. The van der Waals surface area contributed by atoms with Gasteiger partial charge in [0.05, 0.1) is 6.42 Å². The van der Waals surface area contributed by atoms with Gasteiger partial charge in [-0.1, -0.05) is 31.2 Å². The number of aryl methyl sites for hydroxylation is 3. The number of nitrogens with one attached hydrogen (secondary N) is 2. The first kappa shape index (κ1) is 17.8. The van der Waals surface area contributed by atoms with Crippen molar-refractivity contribution in [3.05, 3.63) is 71.0 Å². The van der Waals surface area contributed by atoms with Gasteiger partial charge in [-0.25, -0.2) is 0 Å². The molecule has 0 amide bonds. The van der Waals surface area contributed by atoms with Gasteiger partial charge in [-0.2, -0.15) is 0 Å². The predicted molar refractivity (Wildman–Crippen MR) is 107 cm³/mol. The van der Waals surface area contributed by atoms with Crippen molar-refractivity contribution in [2.45, 2.75) is 33.6 Å². The molecule has 0 aliphatic heterocycles. The Bertz CT molecular complexity index is 1060. The highest BCUT2D eigenvalue weighted by Crippen LogP contribution is 2.20. The minimum Gasteiger partial charge on any atom is -0.481 e. The van der Waals surface area contributed by atoms with E-state index in [1.807, 2.05) is 25.1 Å². The third kappa shape index (κ3) is 3.80. The third-order valence-corrected chi connectivity index (χ3v) is 4.57. The summed E-state index contributed by atoms with van der Waals surface area (Å²) in [5, 5.41) is 11.0. The lowest BCUT2D eigenvalue weighted by Gasteiger charge is -1.95. The van der Waals surface area contributed by atoms with Gasteiger partial charge in [-0.05, 0) is 54.7 Å². The second-order valence-corrected chi connectivity index (χ2v) is 6.65. The summed E-state index contributed by atoms with van der Waals surface area (Å²) in [5.41, 5.74) is 6.99. The number of aromatic nitrogens is 2. The van der Waals surface area contributed by atoms with Crippen LogP contribution in [0, 0.1) is 13.8 Å². The minimum atomic E-state index is -0.800. The van der Waals surface area contributed by atoms with Crippen LogP contribution in [0.5, 0.6) is 0 Å². The van der Waals surface area contributed by atoms with Gasteiger partial charge in [0.15, 0.2) is 0 Å². The summed E-state index contributed by atoms with van der Waals surface area (Å²) in [6, 6.07) is 12.5. The first-order chi connectivity index (χ1) is 12.5. The minimum absolute atomic E-state index is 0.0725. The van der Waals surface area contributed by atoms with Crippen molar-refractivity contribution in [2.24, 2.45) is 0 Å². The van der Waals surface area contributed by atoms with E-state index < -0.39 is 5.97 Å². The van der Waals surface area contributed by atoms with Crippen molar-refractivity contribution in [3.63, 3.8) is 0 Å². The Hall–Kier alpha value is -3.01. The lowest BCUT2D eigenvalue weighted by molar-refractivity contribution is -0.136. The lowest BCUT2D eigenvalue weighted by Crippen LogP contribution is -1.98. The molecule has 0 saturated carbocycles. The maximum absolute atomic E-state index is 10.6. The molecule has 26 heavy (non-hydrogen) atoms. The SMILES string of the molecule is CCc1c[nH]c2cc(C)ccc12.Cc1ccc2c(CC(=O)O)c[nH]c2c1. The molecule has 134 valence electrons. The Morgan fingerprint density at radius 3 is 1.88 bits per heavy atom. The van der Waals surface area contributed by atoms with Crippen LogP contribution in [0.2, 0.25) is 0 Å². The average molecular weight is 348 g/mol. The van der Waals surface area contributed by atoms with E-state index in [0.29, 0.717) is 0 Å². The molecule has 0 aliphatic rings. The zero-order valence-electron chi connectivity index (χ0n) is 15.4. The fourth-order valence-corrected chi connectivity index (χ4v) is 3.20. The quantitative estimate of drug-likeness (QED) is 0.480. The standard InChI is InChI=1S/C11H11NO2.C11H13N/c1-7-2-3-9-8(5-11(13)14)6-12-10(9)4-7;1-3-9-7-12-11-6-8(2)4-5-10(9)11/h2-4,6,12H,5H2,1H3,(H,13,14);4-7,12H,3H2,1-2H3. The number of rotatable bonds is 3. The van der Waals surface area contributed by atoms with Crippen molar-refractivity contribution in [2.75, 3.05) is 0 Å². The molecule has 0 aliphatic carbocycles. The molecule has 3 N–H and O–H groups in total. The van der Waals surface area contributed by atoms with Crippen molar-refractivity contribution < 1.29 is 9.90 Å². The number of carboxylic acid groups (broad SMARTS) is 1.